The van der Waals surface area contributed by atoms with Crippen molar-refractivity contribution >= 4 is 11.3 Å². The lowest BCUT2D eigenvalue weighted by Gasteiger charge is -2.21. The average Bonchev–Trinajstić information content (AvgIpc) is 2.76. The SMILES string of the molecule is Cc1cnc(CNCC2(N)CCOC2)s1. The Hall–Kier alpha value is -0.490. The quantitative estimate of drug-likeness (QED) is 0.793. The van der Waals surface area contributed by atoms with Gasteiger partial charge in [0.05, 0.1) is 12.1 Å². The summed E-state index contributed by atoms with van der Waals surface area (Å²) in [7, 11) is 0. The van der Waals surface area contributed by atoms with E-state index in [1.807, 2.05) is 6.20 Å². The summed E-state index contributed by atoms with van der Waals surface area (Å²) >= 11 is 1.72. The minimum Gasteiger partial charge on any atom is -0.379 e. The third kappa shape index (κ3) is 2.98. The van der Waals surface area contributed by atoms with Crippen LogP contribution in [0, 0.1) is 6.92 Å². The predicted molar refractivity (Wildman–Crippen MR) is 60.9 cm³/mol. The summed E-state index contributed by atoms with van der Waals surface area (Å²) in [6.07, 6.45) is 2.84. The van der Waals surface area contributed by atoms with Crippen LogP contribution < -0.4 is 11.1 Å². The fourth-order valence-corrected chi connectivity index (χ4v) is 2.42. The van der Waals surface area contributed by atoms with Gasteiger partial charge in [0.15, 0.2) is 0 Å². The largest absolute Gasteiger partial charge is 0.379 e. The molecule has 15 heavy (non-hydrogen) atoms. The topological polar surface area (TPSA) is 60.2 Å². The molecule has 2 heterocycles. The molecule has 3 N–H and O–H groups in total. The van der Waals surface area contributed by atoms with E-state index in [9.17, 15) is 0 Å². The summed E-state index contributed by atoms with van der Waals surface area (Å²) in [5.74, 6) is 0. The summed E-state index contributed by atoms with van der Waals surface area (Å²) in [6.45, 7) is 5.12. The predicted octanol–water partition coefficient (Wildman–Crippen LogP) is 0.659. The molecule has 4 nitrogen and oxygen atoms in total. The number of nitrogens with zero attached hydrogens (tertiary/aromatic N) is 1. The van der Waals surface area contributed by atoms with Crippen molar-refractivity contribution in [3.8, 4) is 0 Å². The van der Waals surface area contributed by atoms with Gasteiger partial charge in [-0.3, -0.25) is 0 Å². The number of thiazole rings is 1. The molecule has 1 aliphatic rings. The summed E-state index contributed by atoms with van der Waals surface area (Å²) in [5.41, 5.74) is 5.95. The highest BCUT2D eigenvalue weighted by molar-refractivity contribution is 7.11. The maximum Gasteiger partial charge on any atom is 0.107 e. The van der Waals surface area contributed by atoms with E-state index in [1.54, 1.807) is 11.3 Å². The number of nitrogens with one attached hydrogen (secondary N) is 1. The number of ether oxygens (including phenoxy) is 1. The molecule has 5 heteroatoms. The molecule has 0 saturated carbocycles. The lowest BCUT2D eigenvalue weighted by atomic mass is 10.0. The van der Waals surface area contributed by atoms with Gasteiger partial charge in [-0.25, -0.2) is 4.98 Å². The second-order valence-corrected chi connectivity index (χ2v) is 5.45. The van der Waals surface area contributed by atoms with Gasteiger partial charge < -0.3 is 15.8 Å². The Morgan fingerprint density at radius 2 is 2.60 bits per heavy atom. The van der Waals surface area contributed by atoms with Crippen LogP contribution in [-0.4, -0.2) is 30.3 Å². The Bertz CT molecular complexity index is 320. The van der Waals surface area contributed by atoms with Crippen molar-refractivity contribution in [3.63, 3.8) is 0 Å². The number of nitrogens with two attached hydrogens (primary N) is 1. The van der Waals surface area contributed by atoms with E-state index in [0.717, 1.165) is 31.1 Å². The van der Waals surface area contributed by atoms with Gasteiger partial charge in [-0.2, -0.15) is 0 Å². The van der Waals surface area contributed by atoms with Crippen molar-refractivity contribution in [3.05, 3.63) is 16.1 Å². The summed E-state index contributed by atoms with van der Waals surface area (Å²) < 4.78 is 5.29. The van der Waals surface area contributed by atoms with E-state index in [-0.39, 0.29) is 5.54 Å². The lowest BCUT2D eigenvalue weighted by molar-refractivity contribution is 0.177. The summed E-state index contributed by atoms with van der Waals surface area (Å²) in [5, 5.41) is 4.46. The fourth-order valence-electron chi connectivity index (χ4n) is 1.66. The van der Waals surface area contributed by atoms with E-state index in [1.165, 1.54) is 4.88 Å². The minimum atomic E-state index is -0.174. The molecule has 1 aromatic rings. The van der Waals surface area contributed by atoms with Crippen molar-refractivity contribution in [2.24, 2.45) is 5.73 Å². The van der Waals surface area contributed by atoms with Crippen molar-refractivity contribution in [1.82, 2.24) is 10.3 Å². The highest BCUT2D eigenvalue weighted by atomic mass is 32.1. The smallest absolute Gasteiger partial charge is 0.107 e. The molecule has 0 bridgehead atoms. The molecule has 1 aromatic heterocycles. The highest BCUT2D eigenvalue weighted by Gasteiger charge is 2.29. The molecule has 1 aliphatic heterocycles. The van der Waals surface area contributed by atoms with Crippen molar-refractivity contribution in [1.29, 1.82) is 0 Å². The van der Waals surface area contributed by atoms with Gasteiger partial charge in [-0.1, -0.05) is 0 Å². The van der Waals surface area contributed by atoms with Crippen molar-refractivity contribution in [2.75, 3.05) is 19.8 Å². The second kappa shape index (κ2) is 4.57. The van der Waals surface area contributed by atoms with E-state index in [4.69, 9.17) is 10.5 Å². The van der Waals surface area contributed by atoms with E-state index in [2.05, 4.69) is 17.2 Å². The molecule has 0 aromatic carbocycles. The Labute approximate surface area is 93.8 Å². The zero-order valence-electron chi connectivity index (χ0n) is 8.95. The van der Waals surface area contributed by atoms with Gasteiger partial charge in [0.1, 0.15) is 5.01 Å². The molecule has 1 saturated heterocycles. The van der Waals surface area contributed by atoms with Gasteiger partial charge in [0, 0.05) is 30.8 Å². The minimum absolute atomic E-state index is 0.174. The third-order valence-electron chi connectivity index (χ3n) is 2.56. The number of hydrogen-bond acceptors (Lipinski definition) is 5. The molecule has 0 aliphatic carbocycles. The zero-order chi connectivity index (χ0) is 10.7. The molecule has 0 radical (unpaired) electrons. The maximum absolute atomic E-state index is 6.12. The Morgan fingerprint density at radius 1 is 1.73 bits per heavy atom. The van der Waals surface area contributed by atoms with Gasteiger partial charge in [0.25, 0.3) is 0 Å². The van der Waals surface area contributed by atoms with Crippen LogP contribution >= 0.6 is 11.3 Å². The monoisotopic (exact) mass is 227 g/mol. The van der Waals surface area contributed by atoms with E-state index >= 15 is 0 Å². The van der Waals surface area contributed by atoms with Crippen LogP contribution in [0.15, 0.2) is 6.20 Å². The van der Waals surface area contributed by atoms with E-state index < -0.39 is 0 Å². The third-order valence-corrected chi connectivity index (χ3v) is 3.47. The molecule has 0 amide bonds. The molecule has 2 rings (SSSR count). The van der Waals surface area contributed by atoms with Crippen LogP contribution in [0.4, 0.5) is 0 Å². The van der Waals surface area contributed by atoms with E-state index in [0.29, 0.717) is 6.61 Å². The first-order valence-electron chi connectivity index (χ1n) is 5.17. The summed E-state index contributed by atoms with van der Waals surface area (Å²) in [4.78, 5) is 5.54. The van der Waals surface area contributed by atoms with Crippen molar-refractivity contribution in [2.45, 2.75) is 25.4 Å². The fraction of sp³-hybridized carbons (Fsp3) is 0.700. The molecule has 84 valence electrons. The standard InChI is InChI=1S/C10H17N3OS/c1-8-4-13-9(15-8)5-12-6-10(11)2-3-14-7-10/h4,12H,2-3,5-7,11H2,1H3. The average molecular weight is 227 g/mol. The Kier molecular flexibility index (Phi) is 3.35. The molecule has 1 fully saturated rings. The van der Waals surface area contributed by atoms with Crippen LogP contribution in [0.2, 0.25) is 0 Å². The maximum atomic E-state index is 6.12. The Balaban J connectivity index is 1.75. The number of rotatable bonds is 4. The van der Waals surface area contributed by atoms with Crippen LogP contribution in [0.5, 0.6) is 0 Å². The first kappa shape index (κ1) is 11.0. The van der Waals surface area contributed by atoms with Gasteiger partial charge in [-0.15, -0.1) is 11.3 Å². The lowest BCUT2D eigenvalue weighted by Crippen LogP contribution is -2.49. The van der Waals surface area contributed by atoms with Crippen LogP contribution in [0.25, 0.3) is 0 Å². The van der Waals surface area contributed by atoms with Crippen LogP contribution in [0.3, 0.4) is 0 Å². The van der Waals surface area contributed by atoms with Gasteiger partial charge >= 0.3 is 0 Å². The van der Waals surface area contributed by atoms with Gasteiger partial charge in [-0.05, 0) is 13.3 Å². The second-order valence-electron chi connectivity index (χ2n) is 4.13. The first-order chi connectivity index (χ1) is 7.18. The molecule has 0 spiro atoms. The normalized spacial score (nSPS) is 26.0. The number of aryl methyl sites for hydroxylation is 1. The molecular formula is C10H17N3OS. The Morgan fingerprint density at radius 3 is 3.20 bits per heavy atom. The van der Waals surface area contributed by atoms with Gasteiger partial charge in [0.2, 0.25) is 0 Å². The van der Waals surface area contributed by atoms with Crippen LogP contribution in [0.1, 0.15) is 16.3 Å². The molecule has 1 atom stereocenters. The summed E-state index contributed by atoms with van der Waals surface area (Å²) in [6, 6.07) is 0. The van der Waals surface area contributed by atoms with Crippen LogP contribution in [-0.2, 0) is 11.3 Å². The zero-order valence-corrected chi connectivity index (χ0v) is 9.77. The number of aromatic nitrogens is 1. The first-order valence-corrected chi connectivity index (χ1v) is 5.98. The molecule has 1 unspecified atom stereocenters. The molecular weight excluding hydrogens is 210 g/mol. The van der Waals surface area contributed by atoms with Crippen molar-refractivity contribution < 1.29 is 4.74 Å². The number of hydrogen-bond donors (Lipinski definition) is 2. The highest BCUT2D eigenvalue weighted by Crippen LogP contribution is 2.15.